The minimum absolute atomic E-state index is 0.213. The lowest BCUT2D eigenvalue weighted by Crippen LogP contribution is -2.38. The van der Waals surface area contributed by atoms with Crippen molar-refractivity contribution in [1.82, 2.24) is 20.4 Å². The first-order valence-electron chi connectivity index (χ1n) is 5.01. The number of aromatic nitrogens is 2. The Balaban J connectivity index is 2.53. The molecule has 6 heteroatoms. The third kappa shape index (κ3) is 3.47. The van der Waals surface area contributed by atoms with Gasteiger partial charge in [-0.3, -0.25) is 9.59 Å². The van der Waals surface area contributed by atoms with Gasteiger partial charge in [0.1, 0.15) is 5.69 Å². The van der Waals surface area contributed by atoms with Gasteiger partial charge in [0.15, 0.2) is 0 Å². The van der Waals surface area contributed by atoms with Crippen molar-refractivity contribution in [3.05, 3.63) is 28.2 Å². The summed E-state index contributed by atoms with van der Waals surface area (Å²) in [7, 11) is 3.88. The number of H-pyrrole nitrogens is 1. The van der Waals surface area contributed by atoms with Crippen molar-refractivity contribution in [3.8, 4) is 0 Å². The topological polar surface area (TPSA) is 78.1 Å². The van der Waals surface area contributed by atoms with Crippen LogP contribution in [0.15, 0.2) is 16.9 Å². The molecule has 0 aliphatic rings. The summed E-state index contributed by atoms with van der Waals surface area (Å²) in [4.78, 5) is 24.3. The highest BCUT2D eigenvalue weighted by molar-refractivity contribution is 5.91. The van der Waals surface area contributed by atoms with Gasteiger partial charge in [-0.15, -0.1) is 0 Å². The maximum atomic E-state index is 11.6. The quantitative estimate of drug-likeness (QED) is 0.719. The van der Waals surface area contributed by atoms with Crippen LogP contribution in [0.2, 0.25) is 0 Å². The van der Waals surface area contributed by atoms with Gasteiger partial charge in [0.2, 0.25) is 0 Å². The molecule has 6 nitrogen and oxygen atoms in total. The van der Waals surface area contributed by atoms with E-state index < -0.39 is 0 Å². The Hall–Kier alpha value is -1.69. The highest BCUT2D eigenvalue weighted by atomic mass is 16.2. The Labute approximate surface area is 93.7 Å². The van der Waals surface area contributed by atoms with Gasteiger partial charge >= 0.3 is 0 Å². The zero-order valence-corrected chi connectivity index (χ0v) is 9.65. The second-order valence-corrected chi connectivity index (χ2v) is 3.83. The largest absolute Gasteiger partial charge is 0.349 e. The predicted molar refractivity (Wildman–Crippen MR) is 60.3 cm³/mol. The molecule has 16 heavy (non-hydrogen) atoms. The van der Waals surface area contributed by atoms with E-state index in [0.717, 1.165) is 0 Å². The Morgan fingerprint density at radius 1 is 1.56 bits per heavy atom. The molecule has 88 valence electrons. The van der Waals surface area contributed by atoms with Gasteiger partial charge < -0.3 is 10.2 Å². The standard InChI is InChI=1S/C10H16N4O2/c1-7(14(2)3)6-11-10(16)8-4-5-9(15)13-12-8/h4-5,7H,6H2,1-3H3,(H,11,16)(H,13,15)/t7-/m1/s1. The lowest BCUT2D eigenvalue weighted by Gasteiger charge is -2.19. The van der Waals surface area contributed by atoms with Crippen molar-refractivity contribution in [2.75, 3.05) is 20.6 Å². The van der Waals surface area contributed by atoms with Gasteiger partial charge in [-0.2, -0.15) is 5.10 Å². The molecule has 1 rings (SSSR count). The van der Waals surface area contributed by atoms with Crippen LogP contribution in [0.1, 0.15) is 17.4 Å². The van der Waals surface area contributed by atoms with Crippen LogP contribution in [0.4, 0.5) is 0 Å². The van der Waals surface area contributed by atoms with Gasteiger partial charge in [0.25, 0.3) is 11.5 Å². The molecule has 1 heterocycles. The van der Waals surface area contributed by atoms with Crippen LogP contribution in [0, 0.1) is 0 Å². The number of hydrogen-bond donors (Lipinski definition) is 2. The van der Waals surface area contributed by atoms with E-state index in [1.54, 1.807) is 0 Å². The van der Waals surface area contributed by atoms with Crippen LogP contribution in [-0.2, 0) is 0 Å². The first kappa shape index (κ1) is 12.4. The maximum Gasteiger partial charge on any atom is 0.271 e. The zero-order valence-electron chi connectivity index (χ0n) is 9.65. The number of carbonyl (C=O) groups excluding carboxylic acids is 1. The van der Waals surface area contributed by atoms with Gasteiger partial charge in [-0.05, 0) is 27.1 Å². The van der Waals surface area contributed by atoms with Crippen LogP contribution in [0.5, 0.6) is 0 Å². The average Bonchev–Trinajstić information content (AvgIpc) is 2.26. The second-order valence-electron chi connectivity index (χ2n) is 3.83. The molecule has 0 aliphatic carbocycles. The van der Waals surface area contributed by atoms with E-state index in [-0.39, 0.29) is 23.2 Å². The number of likely N-dealkylation sites (N-methyl/N-ethyl adjacent to an activating group) is 1. The number of rotatable bonds is 4. The van der Waals surface area contributed by atoms with Crippen molar-refractivity contribution in [2.45, 2.75) is 13.0 Å². The number of nitrogens with zero attached hydrogens (tertiary/aromatic N) is 2. The molecule has 1 amide bonds. The normalized spacial score (nSPS) is 12.5. The Bertz CT molecular complexity index is 393. The van der Waals surface area contributed by atoms with E-state index in [4.69, 9.17) is 0 Å². The van der Waals surface area contributed by atoms with Gasteiger partial charge in [-0.25, -0.2) is 5.10 Å². The minimum Gasteiger partial charge on any atom is -0.349 e. The highest BCUT2D eigenvalue weighted by Crippen LogP contribution is 1.92. The third-order valence-electron chi connectivity index (χ3n) is 2.35. The Kier molecular flexibility index (Phi) is 4.19. The number of carbonyl (C=O) groups is 1. The number of hydrogen-bond acceptors (Lipinski definition) is 4. The Morgan fingerprint density at radius 2 is 2.25 bits per heavy atom. The molecule has 0 aromatic carbocycles. The lowest BCUT2D eigenvalue weighted by atomic mass is 10.3. The van der Waals surface area contributed by atoms with Gasteiger partial charge in [0.05, 0.1) is 0 Å². The molecule has 0 saturated heterocycles. The first-order chi connectivity index (χ1) is 7.50. The molecule has 0 aliphatic heterocycles. The molecule has 1 aromatic heterocycles. The summed E-state index contributed by atoms with van der Waals surface area (Å²) in [6, 6.07) is 2.91. The number of amides is 1. The fourth-order valence-electron chi connectivity index (χ4n) is 0.984. The summed E-state index contributed by atoms with van der Waals surface area (Å²) in [6.07, 6.45) is 0. The van der Waals surface area contributed by atoms with E-state index in [0.29, 0.717) is 6.54 Å². The Morgan fingerprint density at radius 3 is 2.75 bits per heavy atom. The van der Waals surface area contributed by atoms with Crippen molar-refractivity contribution in [1.29, 1.82) is 0 Å². The molecule has 0 unspecified atom stereocenters. The summed E-state index contributed by atoms with van der Waals surface area (Å²) in [5, 5.41) is 8.59. The fourth-order valence-corrected chi connectivity index (χ4v) is 0.984. The minimum atomic E-state index is -0.321. The van der Waals surface area contributed by atoms with Crippen LogP contribution in [0.3, 0.4) is 0 Å². The average molecular weight is 224 g/mol. The van der Waals surface area contributed by atoms with E-state index >= 15 is 0 Å². The highest BCUT2D eigenvalue weighted by Gasteiger charge is 2.09. The molecule has 1 atom stereocenters. The second kappa shape index (κ2) is 5.41. The van der Waals surface area contributed by atoms with E-state index in [1.165, 1.54) is 12.1 Å². The molecular formula is C10H16N4O2. The van der Waals surface area contributed by atoms with Crippen molar-refractivity contribution < 1.29 is 4.79 Å². The fraction of sp³-hybridized carbons (Fsp3) is 0.500. The maximum absolute atomic E-state index is 11.6. The van der Waals surface area contributed by atoms with E-state index in [1.807, 2.05) is 25.9 Å². The zero-order chi connectivity index (χ0) is 12.1. The molecule has 0 fully saturated rings. The molecule has 0 bridgehead atoms. The van der Waals surface area contributed by atoms with Crippen LogP contribution in [-0.4, -0.2) is 47.7 Å². The van der Waals surface area contributed by atoms with Crippen molar-refractivity contribution >= 4 is 5.91 Å². The molecule has 2 N–H and O–H groups in total. The SMILES string of the molecule is C[C@H](CNC(=O)c1ccc(=O)[nH]n1)N(C)C. The number of nitrogens with one attached hydrogen (secondary N) is 2. The van der Waals surface area contributed by atoms with Crippen LogP contribution in [0.25, 0.3) is 0 Å². The lowest BCUT2D eigenvalue weighted by molar-refractivity contribution is 0.0937. The summed E-state index contributed by atoms with van der Waals surface area (Å²) in [5.41, 5.74) is -0.108. The van der Waals surface area contributed by atoms with Crippen LogP contribution >= 0.6 is 0 Å². The van der Waals surface area contributed by atoms with E-state index in [2.05, 4.69) is 15.5 Å². The van der Waals surface area contributed by atoms with Crippen molar-refractivity contribution in [3.63, 3.8) is 0 Å². The summed E-state index contributed by atoms with van der Waals surface area (Å²) >= 11 is 0. The summed E-state index contributed by atoms with van der Waals surface area (Å²) in [5.74, 6) is -0.287. The predicted octanol–water partition coefficient (Wildman–Crippen LogP) is -0.550. The summed E-state index contributed by atoms with van der Waals surface area (Å²) < 4.78 is 0. The van der Waals surface area contributed by atoms with Crippen LogP contribution < -0.4 is 10.9 Å². The molecular weight excluding hydrogens is 208 g/mol. The smallest absolute Gasteiger partial charge is 0.271 e. The first-order valence-corrected chi connectivity index (χ1v) is 5.01. The summed E-state index contributed by atoms with van der Waals surface area (Å²) in [6.45, 7) is 2.53. The van der Waals surface area contributed by atoms with Crippen molar-refractivity contribution in [2.24, 2.45) is 0 Å². The monoisotopic (exact) mass is 224 g/mol. The number of aromatic amines is 1. The molecule has 0 spiro atoms. The molecule has 1 aromatic rings. The third-order valence-corrected chi connectivity index (χ3v) is 2.35. The van der Waals surface area contributed by atoms with E-state index in [9.17, 15) is 9.59 Å². The van der Waals surface area contributed by atoms with Gasteiger partial charge in [0, 0.05) is 18.7 Å². The molecule has 0 radical (unpaired) electrons. The van der Waals surface area contributed by atoms with Gasteiger partial charge in [-0.1, -0.05) is 0 Å². The molecule has 0 saturated carbocycles.